The molecule has 4 nitrogen and oxygen atoms in total. The van der Waals surface area contributed by atoms with Gasteiger partial charge in [0.25, 0.3) is 0 Å². The Balaban J connectivity index is 1.93. The Kier molecular flexibility index (Phi) is 8.75. The van der Waals surface area contributed by atoms with E-state index in [0.29, 0.717) is 18.2 Å². The molecule has 0 fully saturated rings. The summed E-state index contributed by atoms with van der Waals surface area (Å²) in [7, 11) is 4.19. The zero-order valence-electron chi connectivity index (χ0n) is 15.9. The molecule has 26 heavy (non-hydrogen) atoms. The number of halogens is 1. The van der Waals surface area contributed by atoms with E-state index in [1.165, 1.54) is 5.56 Å². The number of nitrogens with one attached hydrogen (secondary N) is 1. The molecule has 5 heteroatoms. The van der Waals surface area contributed by atoms with E-state index in [2.05, 4.69) is 30.4 Å². The highest BCUT2D eigenvalue weighted by molar-refractivity contribution is 6.31. The number of ether oxygens (including phenoxy) is 2. The molecule has 0 atom stereocenters. The first-order valence-corrected chi connectivity index (χ1v) is 9.45. The van der Waals surface area contributed by atoms with Crippen molar-refractivity contribution < 1.29 is 9.47 Å². The molecular weight excluding hydrogens is 348 g/mol. The highest BCUT2D eigenvalue weighted by Crippen LogP contribution is 2.30. The van der Waals surface area contributed by atoms with Gasteiger partial charge >= 0.3 is 0 Å². The molecule has 0 radical (unpaired) electrons. The van der Waals surface area contributed by atoms with Gasteiger partial charge < -0.3 is 19.7 Å². The summed E-state index contributed by atoms with van der Waals surface area (Å²) >= 11 is 6.20. The molecule has 1 N–H and O–H groups in total. The van der Waals surface area contributed by atoms with Gasteiger partial charge in [-0.1, -0.05) is 35.9 Å². The lowest BCUT2D eigenvalue weighted by Crippen LogP contribution is -2.21. The van der Waals surface area contributed by atoms with Gasteiger partial charge in [0.1, 0.15) is 6.61 Å². The van der Waals surface area contributed by atoms with Crippen LogP contribution in [0.25, 0.3) is 0 Å². The van der Waals surface area contributed by atoms with Crippen LogP contribution in [0.15, 0.2) is 42.5 Å². The van der Waals surface area contributed by atoms with E-state index in [4.69, 9.17) is 21.1 Å². The first kappa shape index (κ1) is 20.6. The van der Waals surface area contributed by atoms with Crippen LogP contribution in [0.5, 0.6) is 11.5 Å². The van der Waals surface area contributed by atoms with E-state index in [9.17, 15) is 0 Å². The highest BCUT2D eigenvalue weighted by atomic mass is 35.5. The fraction of sp³-hybridized carbons (Fsp3) is 0.429. The van der Waals surface area contributed by atoms with Gasteiger partial charge in [-0.3, -0.25) is 0 Å². The minimum absolute atomic E-state index is 0.419. The molecule has 0 saturated carbocycles. The third kappa shape index (κ3) is 6.87. The largest absolute Gasteiger partial charge is 0.490 e. The first-order chi connectivity index (χ1) is 12.6. The van der Waals surface area contributed by atoms with Crippen molar-refractivity contribution in [2.24, 2.45) is 0 Å². The van der Waals surface area contributed by atoms with Crippen LogP contribution in [0.2, 0.25) is 5.02 Å². The molecule has 0 bridgehead atoms. The van der Waals surface area contributed by atoms with Gasteiger partial charge in [0.15, 0.2) is 11.5 Å². The van der Waals surface area contributed by atoms with Crippen molar-refractivity contribution in [3.8, 4) is 11.5 Å². The molecule has 0 aliphatic heterocycles. The molecule has 0 aliphatic rings. The normalized spacial score (nSPS) is 11.0. The summed E-state index contributed by atoms with van der Waals surface area (Å²) in [6.07, 6.45) is 1.13. The Morgan fingerprint density at radius 1 is 1.04 bits per heavy atom. The Bertz CT molecular complexity index is 677. The highest BCUT2D eigenvalue weighted by Gasteiger charge is 2.08. The van der Waals surface area contributed by atoms with E-state index in [-0.39, 0.29) is 0 Å². The zero-order valence-corrected chi connectivity index (χ0v) is 16.7. The molecular formula is C21H29ClN2O2. The third-order valence-corrected chi connectivity index (χ3v) is 4.31. The first-order valence-electron chi connectivity index (χ1n) is 9.07. The van der Waals surface area contributed by atoms with Gasteiger partial charge in [0.05, 0.1) is 6.61 Å². The molecule has 0 aromatic heterocycles. The van der Waals surface area contributed by atoms with Crippen LogP contribution < -0.4 is 14.8 Å². The second kappa shape index (κ2) is 11.1. The average Bonchev–Trinajstić information content (AvgIpc) is 2.62. The van der Waals surface area contributed by atoms with Gasteiger partial charge in [-0.15, -0.1) is 0 Å². The molecule has 0 amide bonds. The lowest BCUT2D eigenvalue weighted by Gasteiger charge is -2.14. The van der Waals surface area contributed by atoms with Crippen LogP contribution in [0.3, 0.4) is 0 Å². The van der Waals surface area contributed by atoms with Gasteiger partial charge in [0, 0.05) is 17.1 Å². The predicted octanol–water partition coefficient (Wildman–Crippen LogP) is 4.36. The maximum atomic E-state index is 6.20. The smallest absolute Gasteiger partial charge is 0.161 e. The van der Waals surface area contributed by atoms with Crippen molar-refractivity contribution in [3.63, 3.8) is 0 Å². The molecule has 0 saturated heterocycles. The summed E-state index contributed by atoms with van der Waals surface area (Å²) in [5.74, 6) is 1.51. The van der Waals surface area contributed by atoms with Crippen LogP contribution >= 0.6 is 11.6 Å². The monoisotopic (exact) mass is 376 g/mol. The van der Waals surface area contributed by atoms with Crippen molar-refractivity contribution in [2.75, 3.05) is 33.8 Å². The second-order valence-electron chi connectivity index (χ2n) is 6.43. The van der Waals surface area contributed by atoms with Crippen molar-refractivity contribution in [1.29, 1.82) is 0 Å². The van der Waals surface area contributed by atoms with E-state index >= 15 is 0 Å². The number of nitrogens with zero attached hydrogens (tertiary/aromatic N) is 1. The molecule has 0 heterocycles. The fourth-order valence-corrected chi connectivity index (χ4v) is 2.76. The molecule has 0 aliphatic carbocycles. The standard InChI is InChI=1S/C21H29ClN2O2/c1-4-25-21-14-17(15-23-12-7-13-24(2)3)10-11-20(21)26-16-18-8-5-6-9-19(18)22/h5-6,8-11,14,23H,4,7,12-13,15-16H2,1-3H3. The Morgan fingerprint density at radius 3 is 2.58 bits per heavy atom. The SMILES string of the molecule is CCOc1cc(CNCCCN(C)C)ccc1OCc1ccccc1Cl. The van der Waals surface area contributed by atoms with E-state index in [1.54, 1.807) is 0 Å². The summed E-state index contributed by atoms with van der Waals surface area (Å²) < 4.78 is 11.7. The molecule has 0 unspecified atom stereocenters. The van der Waals surface area contributed by atoms with Gasteiger partial charge in [-0.2, -0.15) is 0 Å². The van der Waals surface area contributed by atoms with Crippen molar-refractivity contribution in [1.82, 2.24) is 10.2 Å². The van der Waals surface area contributed by atoms with Crippen LogP contribution in [0.4, 0.5) is 0 Å². The third-order valence-electron chi connectivity index (χ3n) is 3.94. The van der Waals surface area contributed by atoms with Crippen molar-refractivity contribution >= 4 is 11.6 Å². The maximum Gasteiger partial charge on any atom is 0.161 e. The quantitative estimate of drug-likeness (QED) is 0.591. The minimum Gasteiger partial charge on any atom is -0.490 e. The maximum absolute atomic E-state index is 6.20. The summed E-state index contributed by atoms with van der Waals surface area (Å²) in [6.45, 7) is 5.89. The Hall–Kier alpha value is -1.75. The Labute approximate surface area is 162 Å². The number of rotatable bonds is 11. The van der Waals surface area contributed by atoms with E-state index in [1.807, 2.05) is 43.3 Å². The zero-order chi connectivity index (χ0) is 18.8. The lowest BCUT2D eigenvalue weighted by molar-refractivity contribution is 0.269. The Morgan fingerprint density at radius 2 is 1.85 bits per heavy atom. The van der Waals surface area contributed by atoms with Gasteiger partial charge in [0.2, 0.25) is 0 Å². The van der Waals surface area contributed by atoms with Crippen molar-refractivity contribution in [3.05, 3.63) is 58.6 Å². The number of benzene rings is 2. The lowest BCUT2D eigenvalue weighted by atomic mass is 10.2. The van der Waals surface area contributed by atoms with Crippen molar-refractivity contribution in [2.45, 2.75) is 26.5 Å². The predicted molar refractivity (Wildman–Crippen MR) is 108 cm³/mol. The number of hydrogen-bond donors (Lipinski definition) is 1. The number of hydrogen-bond acceptors (Lipinski definition) is 4. The van der Waals surface area contributed by atoms with E-state index in [0.717, 1.165) is 43.1 Å². The fourth-order valence-electron chi connectivity index (χ4n) is 2.57. The average molecular weight is 377 g/mol. The van der Waals surface area contributed by atoms with E-state index < -0.39 is 0 Å². The summed E-state index contributed by atoms with van der Waals surface area (Å²) in [4.78, 5) is 2.19. The molecule has 0 spiro atoms. The molecule has 2 aromatic carbocycles. The molecule has 142 valence electrons. The topological polar surface area (TPSA) is 33.7 Å². The summed E-state index contributed by atoms with van der Waals surface area (Å²) in [5.41, 5.74) is 2.15. The van der Waals surface area contributed by atoms with Crippen LogP contribution in [-0.4, -0.2) is 38.7 Å². The van der Waals surface area contributed by atoms with Crippen LogP contribution in [0.1, 0.15) is 24.5 Å². The molecule has 2 aromatic rings. The summed E-state index contributed by atoms with van der Waals surface area (Å²) in [5, 5.41) is 4.18. The summed E-state index contributed by atoms with van der Waals surface area (Å²) in [6, 6.07) is 13.8. The second-order valence-corrected chi connectivity index (χ2v) is 6.83. The van der Waals surface area contributed by atoms with Crippen LogP contribution in [0, 0.1) is 0 Å². The van der Waals surface area contributed by atoms with Crippen LogP contribution in [-0.2, 0) is 13.2 Å². The molecule has 2 rings (SSSR count). The van der Waals surface area contributed by atoms with Gasteiger partial charge in [-0.25, -0.2) is 0 Å². The minimum atomic E-state index is 0.419. The van der Waals surface area contributed by atoms with Gasteiger partial charge in [-0.05, 0) is 64.3 Å².